The third kappa shape index (κ3) is 6.27. The van der Waals surface area contributed by atoms with Gasteiger partial charge in [0.25, 0.3) is 0 Å². The number of hydrogen-bond acceptors (Lipinski definition) is 8. The molecular weight excluding hydrogens is 669 g/mol. The first-order valence-electron chi connectivity index (χ1n) is 10.6. The minimum Gasteiger partial charge on any atom is -0.493 e. The molecule has 1 aliphatic rings. The van der Waals surface area contributed by atoms with Crippen LogP contribution in [-0.4, -0.2) is 30.9 Å². The van der Waals surface area contributed by atoms with E-state index in [1.54, 1.807) is 18.2 Å². The van der Waals surface area contributed by atoms with E-state index in [2.05, 4.69) is 36.9 Å². The SMILES string of the molecule is COc1cc(C2=N/C(=C\c3cc(Br)cc(Br)c3OC(=O)c3ccc(Cl)cc3Cl)C(=O)O2)ccc1OC(C)=O. The molecule has 0 amide bonds. The molecule has 0 fully saturated rings. The monoisotopic (exact) mass is 681 g/mol. The molecule has 0 atom stereocenters. The Bertz CT molecular complexity index is 1550. The molecule has 0 saturated carbocycles. The summed E-state index contributed by atoms with van der Waals surface area (Å²) >= 11 is 18.9. The van der Waals surface area contributed by atoms with Gasteiger partial charge in [0.15, 0.2) is 22.9 Å². The summed E-state index contributed by atoms with van der Waals surface area (Å²) in [6, 6.07) is 12.3. The summed E-state index contributed by atoms with van der Waals surface area (Å²) in [6.07, 6.45) is 1.42. The Kier molecular flexibility index (Phi) is 8.57. The highest BCUT2D eigenvalue weighted by molar-refractivity contribution is 9.11. The third-order valence-electron chi connectivity index (χ3n) is 4.96. The fourth-order valence-electron chi connectivity index (χ4n) is 3.32. The maximum absolute atomic E-state index is 12.9. The van der Waals surface area contributed by atoms with Gasteiger partial charge in [-0.2, -0.15) is 0 Å². The summed E-state index contributed by atoms with van der Waals surface area (Å²) < 4.78 is 22.4. The van der Waals surface area contributed by atoms with E-state index in [0.29, 0.717) is 25.1 Å². The molecule has 3 aromatic carbocycles. The highest BCUT2D eigenvalue weighted by Gasteiger charge is 2.27. The Morgan fingerprint density at radius 2 is 1.76 bits per heavy atom. The number of halogens is 4. The maximum Gasteiger partial charge on any atom is 0.363 e. The summed E-state index contributed by atoms with van der Waals surface area (Å²) in [4.78, 5) is 41.1. The van der Waals surface area contributed by atoms with Crippen LogP contribution in [0, 0.1) is 0 Å². The summed E-state index contributed by atoms with van der Waals surface area (Å²) in [6.45, 7) is 1.27. The minimum absolute atomic E-state index is 0.00878. The highest BCUT2D eigenvalue weighted by atomic mass is 79.9. The van der Waals surface area contributed by atoms with E-state index in [1.807, 2.05) is 0 Å². The average molecular weight is 684 g/mol. The lowest BCUT2D eigenvalue weighted by molar-refractivity contribution is -0.132. The Balaban J connectivity index is 1.69. The van der Waals surface area contributed by atoms with Gasteiger partial charge in [-0.25, -0.2) is 14.6 Å². The van der Waals surface area contributed by atoms with Gasteiger partial charge in [-0.3, -0.25) is 4.79 Å². The van der Waals surface area contributed by atoms with Crippen molar-refractivity contribution in [3.63, 3.8) is 0 Å². The number of hydrogen-bond donors (Lipinski definition) is 0. The molecular formula is C26H15Br2Cl2NO7. The first-order valence-corrected chi connectivity index (χ1v) is 13.0. The molecule has 0 radical (unpaired) electrons. The number of cyclic esters (lactones) is 1. The lowest BCUT2D eigenvalue weighted by Gasteiger charge is -2.12. The number of benzene rings is 3. The van der Waals surface area contributed by atoms with Crippen molar-refractivity contribution in [2.75, 3.05) is 7.11 Å². The number of nitrogens with zero attached hydrogens (tertiary/aromatic N) is 1. The van der Waals surface area contributed by atoms with Crippen molar-refractivity contribution < 1.29 is 33.3 Å². The van der Waals surface area contributed by atoms with Crippen LogP contribution in [0.2, 0.25) is 10.0 Å². The molecule has 0 saturated heterocycles. The molecule has 0 bridgehead atoms. The van der Waals surface area contributed by atoms with Crippen molar-refractivity contribution in [3.05, 3.63) is 89.9 Å². The van der Waals surface area contributed by atoms with Crippen molar-refractivity contribution in [1.82, 2.24) is 0 Å². The van der Waals surface area contributed by atoms with Gasteiger partial charge in [0.2, 0.25) is 5.90 Å². The number of rotatable bonds is 6. The number of methoxy groups -OCH3 is 1. The van der Waals surface area contributed by atoms with Crippen LogP contribution in [0.5, 0.6) is 17.2 Å². The standard InChI is InChI=1S/C26H15Br2Cl2NO7/c1-12(32)36-21-6-3-13(9-22(21)35-2)24-31-20(26(34)38-24)8-14-7-15(27)10-18(28)23(14)37-25(33)17-5-4-16(29)11-19(17)30/h3-11H,1-2H3/b20-8-. The Labute approximate surface area is 243 Å². The second-order valence-electron chi connectivity index (χ2n) is 7.61. The Morgan fingerprint density at radius 3 is 2.45 bits per heavy atom. The lowest BCUT2D eigenvalue weighted by Crippen LogP contribution is -2.10. The number of carbonyl (C=O) groups excluding carboxylic acids is 3. The molecule has 0 aliphatic carbocycles. The molecule has 0 spiro atoms. The Hall–Kier alpha value is -3.18. The van der Waals surface area contributed by atoms with E-state index in [1.165, 1.54) is 50.4 Å². The van der Waals surface area contributed by atoms with Crippen LogP contribution >= 0.6 is 55.1 Å². The molecule has 12 heteroatoms. The molecule has 0 aromatic heterocycles. The van der Waals surface area contributed by atoms with Crippen LogP contribution in [-0.2, 0) is 14.3 Å². The zero-order valence-corrected chi connectivity index (χ0v) is 24.2. The van der Waals surface area contributed by atoms with Crippen LogP contribution in [0.4, 0.5) is 0 Å². The quantitative estimate of drug-likeness (QED) is 0.156. The molecule has 0 N–H and O–H groups in total. The lowest BCUT2D eigenvalue weighted by atomic mass is 10.1. The third-order valence-corrected chi connectivity index (χ3v) is 6.55. The van der Waals surface area contributed by atoms with Gasteiger partial charge in [-0.1, -0.05) is 39.1 Å². The van der Waals surface area contributed by atoms with Crippen molar-refractivity contribution in [3.8, 4) is 17.2 Å². The fourth-order valence-corrected chi connectivity index (χ4v) is 5.14. The summed E-state index contributed by atoms with van der Waals surface area (Å²) in [5, 5.41) is 0.494. The number of ether oxygens (including phenoxy) is 4. The average Bonchev–Trinajstić information content (AvgIpc) is 3.21. The number of carbonyl (C=O) groups is 3. The van der Waals surface area contributed by atoms with Crippen LogP contribution in [0.1, 0.15) is 28.4 Å². The zero-order chi connectivity index (χ0) is 27.6. The van der Waals surface area contributed by atoms with E-state index in [4.69, 9.17) is 42.1 Å². The van der Waals surface area contributed by atoms with Gasteiger partial charge in [0, 0.05) is 27.5 Å². The predicted octanol–water partition coefficient (Wildman–Crippen LogP) is 7.02. The van der Waals surface area contributed by atoms with Crippen molar-refractivity contribution in [1.29, 1.82) is 0 Å². The van der Waals surface area contributed by atoms with Gasteiger partial charge >= 0.3 is 17.9 Å². The first-order chi connectivity index (χ1) is 18.0. The summed E-state index contributed by atoms with van der Waals surface area (Å²) in [5.41, 5.74) is 0.824. The molecule has 1 heterocycles. The van der Waals surface area contributed by atoms with E-state index in [-0.39, 0.29) is 39.4 Å². The van der Waals surface area contributed by atoms with Crippen molar-refractivity contribution in [2.45, 2.75) is 6.92 Å². The molecule has 4 rings (SSSR count). The van der Waals surface area contributed by atoms with Gasteiger partial charge in [0.05, 0.1) is 22.2 Å². The zero-order valence-electron chi connectivity index (χ0n) is 19.5. The number of esters is 3. The summed E-state index contributed by atoms with van der Waals surface area (Å²) in [5.74, 6) is -1.38. The van der Waals surface area contributed by atoms with Crippen LogP contribution < -0.4 is 14.2 Å². The van der Waals surface area contributed by atoms with E-state index in [0.717, 1.165) is 0 Å². The number of aliphatic imine (C=N–C) groups is 1. The molecule has 8 nitrogen and oxygen atoms in total. The van der Waals surface area contributed by atoms with Gasteiger partial charge in [-0.05, 0) is 70.5 Å². The molecule has 38 heavy (non-hydrogen) atoms. The molecule has 0 unspecified atom stereocenters. The highest BCUT2D eigenvalue weighted by Crippen LogP contribution is 2.37. The normalized spacial score (nSPS) is 13.7. The molecule has 1 aliphatic heterocycles. The van der Waals surface area contributed by atoms with Gasteiger partial charge in [0.1, 0.15) is 0 Å². The fraction of sp³-hybridized carbons (Fsp3) is 0.0769. The second-order valence-corrected chi connectivity index (χ2v) is 10.2. The Morgan fingerprint density at radius 1 is 1.00 bits per heavy atom. The minimum atomic E-state index is -0.729. The van der Waals surface area contributed by atoms with Crippen molar-refractivity contribution in [2.24, 2.45) is 4.99 Å². The first kappa shape index (κ1) is 27.8. The van der Waals surface area contributed by atoms with Crippen LogP contribution in [0.15, 0.2) is 68.2 Å². The van der Waals surface area contributed by atoms with E-state index in [9.17, 15) is 14.4 Å². The maximum atomic E-state index is 12.9. The largest absolute Gasteiger partial charge is 0.493 e. The van der Waals surface area contributed by atoms with Gasteiger partial charge in [-0.15, -0.1) is 0 Å². The van der Waals surface area contributed by atoms with E-state index >= 15 is 0 Å². The second kappa shape index (κ2) is 11.7. The smallest absolute Gasteiger partial charge is 0.363 e. The van der Waals surface area contributed by atoms with Crippen LogP contribution in [0.3, 0.4) is 0 Å². The topological polar surface area (TPSA) is 100 Å². The van der Waals surface area contributed by atoms with Crippen LogP contribution in [0.25, 0.3) is 6.08 Å². The predicted molar refractivity (Wildman–Crippen MR) is 148 cm³/mol. The molecule has 3 aromatic rings. The van der Waals surface area contributed by atoms with Crippen molar-refractivity contribution >= 4 is 84.9 Å². The summed E-state index contributed by atoms with van der Waals surface area (Å²) in [7, 11) is 1.41. The van der Waals surface area contributed by atoms with Gasteiger partial charge < -0.3 is 18.9 Å². The molecule has 194 valence electrons. The van der Waals surface area contributed by atoms with E-state index < -0.39 is 17.9 Å².